The first-order valence-corrected chi connectivity index (χ1v) is 5.10. The van der Waals surface area contributed by atoms with E-state index in [0.717, 1.165) is 18.5 Å². The van der Waals surface area contributed by atoms with Crippen molar-refractivity contribution < 1.29 is 0 Å². The molecule has 0 aromatic rings. The molecule has 1 heteroatoms. The fourth-order valence-corrected chi connectivity index (χ4v) is 1.95. The maximum absolute atomic E-state index is 3.89. The van der Waals surface area contributed by atoms with Gasteiger partial charge < -0.3 is 5.32 Å². The smallest absolute Gasteiger partial charge is 0.0161 e. The third kappa shape index (κ3) is 2.98. The summed E-state index contributed by atoms with van der Waals surface area (Å²) in [5.41, 5.74) is 1.25. The van der Waals surface area contributed by atoms with Crippen LogP contribution >= 0.6 is 0 Å². The fourth-order valence-electron chi connectivity index (χ4n) is 1.95. The molecular weight excluding hydrogens is 146 g/mol. The van der Waals surface area contributed by atoms with Gasteiger partial charge in [0.15, 0.2) is 0 Å². The molecule has 0 heterocycles. The molecule has 1 fully saturated rings. The molecule has 12 heavy (non-hydrogen) atoms. The van der Waals surface area contributed by atoms with Crippen molar-refractivity contribution in [3.8, 4) is 0 Å². The van der Waals surface area contributed by atoms with Crippen molar-refractivity contribution in [3.05, 3.63) is 12.2 Å². The molecule has 70 valence electrons. The molecule has 0 aromatic heterocycles. The molecular formula is C11H21N. The molecule has 1 rings (SSSR count). The minimum atomic E-state index is 0.770. The van der Waals surface area contributed by atoms with Crippen molar-refractivity contribution in [1.29, 1.82) is 0 Å². The average Bonchev–Trinajstić information content (AvgIpc) is 2.48. The second-order valence-electron chi connectivity index (χ2n) is 4.12. The molecule has 2 atom stereocenters. The van der Waals surface area contributed by atoms with Crippen LogP contribution < -0.4 is 5.32 Å². The van der Waals surface area contributed by atoms with E-state index in [-0.39, 0.29) is 0 Å². The Morgan fingerprint density at radius 1 is 1.50 bits per heavy atom. The van der Waals surface area contributed by atoms with E-state index in [2.05, 4.69) is 25.7 Å². The molecule has 0 aromatic carbocycles. The largest absolute Gasteiger partial charge is 0.310 e. The quantitative estimate of drug-likeness (QED) is 0.635. The Balaban J connectivity index is 2.15. The molecule has 0 spiro atoms. The van der Waals surface area contributed by atoms with Gasteiger partial charge in [-0.15, -0.1) is 0 Å². The molecule has 1 saturated carbocycles. The lowest BCUT2D eigenvalue weighted by Crippen LogP contribution is -2.27. The van der Waals surface area contributed by atoms with Crippen LogP contribution in [0.3, 0.4) is 0 Å². The van der Waals surface area contributed by atoms with Crippen molar-refractivity contribution in [2.75, 3.05) is 6.54 Å². The third-order valence-corrected chi connectivity index (χ3v) is 2.81. The highest BCUT2D eigenvalue weighted by Crippen LogP contribution is 2.27. The lowest BCUT2D eigenvalue weighted by Gasteiger charge is -2.12. The van der Waals surface area contributed by atoms with E-state index in [0.29, 0.717) is 0 Å². The summed E-state index contributed by atoms with van der Waals surface area (Å²) in [7, 11) is 0. The number of hydrogen-bond donors (Lipinski definition) is 1. The van der Waals surface area contributed by atoms with Crippen molar-refractivity contribution in [3.63, 3.8) is 0 Å². The monoisotopic (exact) mass is 167 g/mol. The average molecular weight is 167 g/mol. The van der Waals surface area contributed by atoms with Gasteiger partial charge in [-0.25, -0.2) is 0 Å². The predicted octanol–water partition coefficient (Wildman–Crippen LogP) is 2.73. The Morgan fingerprint density at radius 2 is 2.25 bits per heavy atom. The predicted molar refractivity (Wildman–Crippen MR) is 54.2 cm³/mol. The molecule has 1 N–H and O–H groups in total. The zero-order valence-electron chi connectivity index (χ0n) is 8.40. The van der Waals surface area contributed by atoms with E-state index in [9.17, 15) is 0 Å². The van der Waals surface area contributed by atoms with Gasteiger partial charge in [0.25, 0.3) is 0 Å². The highest BCUT2D eigenvalue weighted by molar-refractivity contribution is 4.93. The summed E-state index contributed by atoms with van der Waals surface area (Å²) in [5, 5.41) is 3.55. The van der Waals surface area contributed by atoms with Gasteiger partial charge in [-0.1, -0.05) is 25.5 Å². The Hall–Kier alpha value is -0.300. The minimum absolute atomic E-state index is 0.770. The van der Waals surface area contributed by atoms with Crippen molar-refractivity contribution in [2.45, 2.75) is 45.6 Å². The van der Waals surface area contributed by atoms with Gasteiger partial charge in [-0.2, -0.15) is 0 Å². The number of hydrogen-bond acceptors (Lipinski definition) is 1. The van der Waals surface area contributed by atoms with Crippen LogP contribution in [0.4, 0.5) is 0 Å². The van der Waals surface area contributed by atoms with Crippen LogP contribution in [0.25, 0.3) is 0 Å². The normalized spacial score (nSPS) is 29.2. The van der Waals surface area contributed by atoms with Crippen LogP contribution in [0.5, 0.6) is 0 Å². The molecule has 0 radical (unpaired) electrons. The second-order valence-corrected chi connectivity index (χ2v) is 4.12. The summed E-state index contributed by atoms with van der Waals surface area (Å²) >= 11 is 0. The minimum Gasteiger partial charge on any atom is -0.310 e. The second kappa shape index (κ2) is 4.66. The highest BCUT2D eigenvalue weighted by atomic mass is 14.9. The molecule has 0 amide bonds. The number of nitrogens with one attached hydrogen (secondary N) is 1. The Labute approximate surface area is 76.2 Å². The van der Waals surface area contributed by atoms with Crippen molar-refractivity contribution in [1.82, 2.24) is 5.32 Å². The van der Waals surface area contributed by atoms with Crippen molar-refractivity contribution >= 4 is 0 Å². The Morgan fingerprint density at radius 3 is 2.75 bits per heavy atom. The summed E-state index contributed by atoms with van der Waals surface area (Å²) < 4.78 is 0. The first-order chi connectivity index (χ1) is 5.72. The first kappa shape index (κ1) is 9.79. The zero-order chi connectivity index (χ0) is 8.97. The molecule has 2 unspecified atom stereocenters. The van der Waals surface area contributed by atoms with E-state index in [4.69, 9.17) is 0 Å². The van der Waals surface area contributed by atoms with Crippen LogP contribution in [0.2, 0.25) is 0 Å². The fraction of sp³-hybridized carbons (Fsp3) is 0.818. The summed E-state index contributed by atoms with van der Waals surface area (Å²) in [5.74, 6) is 0.979. The summed E-state index contributed by atoms with van der Waals surface area (Å²) in [4.78, 5) is 0. The molecule has 0 bridgehead atoms. The maximum atomic E-state index is 3.89. The third-order valence-electron chi connectivity index (χ3n) is 2.81. The summed E-state index contributed by atoms with van der Waals surface area (Å²) in [6.07, 6.45) is 5.52. The van der Waals surface area contributed by atoms with Gasteiger partial charge >= 0.3 is 0 Å². The van der Waals surface area contributed by atoms with Crippen LogP contribution in [0.15, 0.2) is 12.2 Å². The molecule has 1 nitrogen and oxygen atoms in total. The lowest BCUT2D eigenvalue weighted by atomic mass is 10.1. The summed E-state index contributed by atoms with van der Waals surface area (Å²) in [6, 6.07) is 0.770. The Kier molecular flexibility index (Phi) is 3.80. The molecule has 0 aliphatic heterocycles. The van der Waals surface area contributed by atoms with E-state index >= 15 is 0 Å². The van der Waals surface area contributed by atoms with Gasteiger partial charge in [0.1, 0.15) is 0 Å². The van der Waals surface area contributed by atoms with Gasteiger partial charge in [0.05, 0.1) is 0 Å². The Bertz CT molecular complexity index is 151. The van der Waals surface area contributed by atoms with Crippen molar-refractivity contribution in [2.24, 2.45) is 5.92 Å². The SMILES string of the molecule is C=C(C)CNC1CCC(CC)C1. The molecule has 1 aliphatic rings. The van der Waals surface area contributed by atoms with E-state index < -0.39 is 0 Å². The zero-order valence-corrected chi connectivity index (χ0v) is 8.40. The van der Waals surface area contributed by atoms with Gasteiger partial charge in [-0.05, 0) is 32.1 Å². The van der Waals surface area contributed by atoms with Crippen LogP contribution in [0.1, 0.15) is 39.5 Å². The van der Waals surface area contributed by atoms with E-state index in [1.807, 2.05) is 0 Å². The lowest BCUT2D eigenvalue weighted by molar-refractivity contribution is 0.488. The highest BCUT2D eigenvalue weighted by Gasteiger charge is 2.22. The molecule has 1 aliphatic carbocycles. The van der Waals surface area contributed by atoms with Gasteiger partial charge in [-0.3, -0.25) is 0 Å². The first-order valence-electron chi connectivity index (χ1n) is 5.10. The number of rotatable bonds is 4. The summed E-state index contributed by atoms with van der Waals surface area (Å²) in [6.45, 7) is 9.27. The topological polar surface area (TPSA) is 12.0 Å². The van der Waals surface area contributed by atoms with E-state index in [1.165, 1.54) is 31.3 Å². The molecule has 0 saturated heterocycles. The van der Waals surface area contributed by atoms with Crippen LogP contribution in [-0.2, 0) is 0 Å². The van der Waals surface area contributed by atoms with Crippen LogP contribution in [0, 0.1) is 5.92 Å². The van der Waals surface area contributed by atoms with E-state index in [1.54, 1.807) is 0 Å². The van der Waals surface area contributed by atoms with Gasteiger partial charge in [0.2, 0.25) is 0 Å². The van der Waals surface area contributed by atoms with Crippen LogP contribution in [-0.4, -0.2) is 12.6 Å². The standard InChI is InChI=1S/C11H21N/c1-4-10-5-6-11(7-10)12-8-9(2)3/h10-12H,2,4-8H2,1,3H3. The van der Waals surface area contributed by atoms with Gasteiger partial charge in [0, 0.05) is 12.6 Å². The maximum Gasteiger partial charge on any atom is 0.0161 e.